The molecule has 1 aromatic heterocycles. The maximum Gasteiger partial charge on any atom is 0.0697 e. The van der Waals surface area contributed by atoms with Crippen molar-refractivity contribution in [3.8, 4) is 0 Å². The van der Waals surface area contributed by atoms with Crippen LogP contribution in [0.15, 0.2) is 43.3 Å². The van der Waals surface area contributed by atoms with Gasteiger partial charge in [0.2, 0.25) is 0 Å². The number of hydrogen-bond donors (Lipinski definition) is 0. The molecule has 1 aromatic rings. The Balaban J connectivity index is 2.68. The van der Waals surface area contributed by atoms with Crippen LogP contribution in [-0.2, 0) is 0 Å². The summed E-state index contributed by atoms with van der Waals surface area (Å²) in [5.41, 5.74) is 1.92. The Morgan fingerprint density at radius 2 is 1.93 bits per heavy atom. The van der Waals surface area contributed by atoms with E-state index >= 15 is 0 Å². The highest BCUT2D eigenvalue weighted by atomic mass is 15.4. The second-order valence-electron chi connectivity index (χ2n) is 4.45. The first-order valence-corrected chi connectivity index (χ1v) is 4.84. The standard InChI is InChI=1S/C12H17N3/c1-10(12(3,4)5)6-7-11(2)15-9-8-13-14-15/h6-9H,1-2H2,3-5H3/b7-6-. The lowest BCUT2D eigenvalue weighted by molar-refractivity contribution is 0.519. The molecule has 0 bridgehead atoms. The highest BCUT2D eigenvalue weighted by molar-refractivity contribution is 5.54. The van der Waals surface area contributed by atoms with Crippen molar-refractivity contribution < 1.29 is 0 Å². The van der Waals surface area contributed by atoms with Gasteiger partial charge in [-0.15, -0.1) is 5.10 Å². The van der Waals surface area contributed by atoms with E-state index in [2.05, 4.69) is 44.2 Å². The zero-order chi connectivity index (χ0) is 11.5. The van der Waals surface area contributed by atoms with Crippen LogP contribution in [-0.4, -0.2) is 15.0 Å². The summed E-state index contributed by atoms with van der Waals surface area (Å²) in [6.45, 7) is 14.3. The number of allylic oxidation sites excluding steroid dienone is 4. The molecule has 0 fully saturated rings. The Morgan fingerprint density at radius 3 is 2.40 bits per heavy atom. The van der Waals surface area contributed by atoms with Crippen LogP contribution in [0.5, 0.6) is 0 Å². The Labute approximate surface area is 90.8 Å². The number of rotatable bonds is 3. The molecule has 0 aliphatic rings. The van der Waals surface area contributed by atoms with Crippen molar-refractivity contribution >= 4 is 5.70 Å². The molecule has 0 saturated heterocycles. The quantitative estimate of drug-likeness (QED) is 0.707. The fourth-order valence-electron chi connectivity index (χ4n) is 0.885. The predicted molar refractivity (Wildman–Crippen MR) is 63.1 cm³/mol. The van der Waals surface area contributed by atoms with Crippen molar-refractivity contribution in [3.63, 3.8) is 0 Å². The first-order valence-electron chi connectivity index (χ1n) is 4.84. The molecule has 1 rings (SSSR count). The van der Waals surface area contributed by atoms with Crippen molar-refractivity contribution in [2.45, 2.75) is 20.8 Å². The Hall–Kier alpha value is -1.64. The zero-order valence-electron chi connectivity index (χ0n) is 9.57. The molecule has 3 heteroatoms. The van der Waals surface area contributed by atoms with Crippen LogP contribution in [0.3, 0.4) is 0 Å². The lowest BCUT2D eigenvalue weighted by atomic mass is 9.87. The Bertz CT molecular complexity index is 377. The van der Waals surface area contributed by atoms with Crippen molar-refractivity contribution in [1.29, 1.82) is 0 Å². The van der Waals surface area contributed by atoms with Crippen LogP contribution in [0.1, 0.15) is 20.8 Å². The molecular weight excluding hydrogens is 186 g/mol. The van der Waals surface area contributed by atoms with Gasteiger partial charge in [-0.1, -0.05) is 45.2 Å². The fraction of sp³-hybridized carbons (Fsp3) is 0.333. The van der Waals surface area contributed by atoms with E-state index in [-0.39, 0.29) is 5.41 Å². The molecule has 80 valence electrons. The van der Waals surface area contributed by atoms with E-state index in [0.717, 1.165) is 11.3 Å². The van der Waals surface area contributed by atoms with Gasteiger partial charge in [-0.25, -0.2) is 4.68 Å². The average Bonchev–Trinajstić information content (AvgIpc) is 2.64. The topological polar surface area (TPSA) is 30.7 Å². The monoisotopic (exact) mass is 203 g/mol. The van der Waals surface area contributed by atoms with Crippen LogP contribution in [0.4, 0.5) is 0 Å². The van der Waals surface area contributed by atoms with Crippen molar-refractivity contribution in [2.75, 3.05) is 0 Å². The lowest BCUT2D eigenvalue weighted by Gasteiger charge is -2.18. The summed E-state index contributed by atoms with van der Waals surface area (Å²) >= 11 is 0. The second kappa shape index (κ2) is 4.26. The summed E-state index contributed by atoms with van der Waals surface area (Å²) in [7, 11) is 0. The number of nitrogens with zero attached hydrogens (tertiary/aromatic N) is 3. The molecule has 1 heterocycles. The highest BCUT2D eigenvalue weighted by Crippen LogP contribution is 2.24. The van der Waals surface area contributed by atoms with E-state index in [9.17, 15) is 0 Å². The summed E-state index contributed by atoms with van der Waals surface area (Å²) < 4.78 is 1.62. The van der Waals surface area contributed by atoms with Crippen LogP contribution >= 0.6 is 0 Å². The second-order valence-corrected chi connectivity index (χ2v) is 4.45. The molecule has 0 amide bonds. The Kier molecular flexibility index (Phi) is 3.24. The van der Waals surface area contributed by atoms with Crippen LogP contribution in [0.2, 0.25) is 0 Å². The van der Waals surface area contributed by atoms with Crippen LogP contribution in [0.25, 0.3) is 5.70 Å². The van der Waals surface area contributed by atoms with Gasteiger partial charge >= 0.3 is 0 Å². The van der Waals surface area contributed by atoms with Crippen molar-refractivity contribution in [1.82, 2.24) is 15.0 Å². The molecule has 0 saturated carbocycles. The first kappa shape index (κ1) is 11.4. The summed E-state index contributed by atoms with van der Waals surface area (Å²) in [4.78, 5) is 0. The van der Waals surface area contributed by atoms with Crippen LogP contribution in [0, 0.1) is 5.41 Å². The van der Waals surface area contributed by atoms with Gasteiger partial charge in [-0.2, -0.15) is 0 Å². The third kappa shape index (κ3) is 3.20. The smallest absolute Gasteiger partial charge is 0.0697 e. The van der Waals surface area contributed by atoms with Gasteiger partial charge in [-0.05, 0) is 17.1 Å². The molecule has 0 aromatic carbocycles. The van der Waals surface area contributed by atoms with E-state index in [0.29, 0.717) is 0 Å². The van der Waals surface area contributed by atoms with Crippen molar-refractivity contribution in [3.05, 3.63) is 43.3 Å². The third-order valence-corrected chi connectivity index (χ3v) is 2.16. The normalized spacial score (nSPS) is 11.9. The minimum absolute atomic E-state index is 0.0825. The Morgan fingerprint density at radius 1 is 1.27 bits per heavy atom. The summed E-state index contributed by atoms with van der Waals surface area (Å²) in [6, 6.07) is 0. The molecule has 0 atom stereocenters. The van der Waals surface area contributed by atoms with E-state index in [1.165, 1.54) is 0 Å². The molecule has 0 N–H and O–H groups in total. The molecular formula is C12H17N3. The van der Waals surface area contributed by atoms with Gasteiger partial charge in [0, 0.05) is 0 Å². The third-order valence-electron chi connectivity index (χ3n) is 2.16. The number of hydrogen-bond acceptors (Lipinski definition) is 2. The van der Waals surface area contributed by atoms with E-state index in [1.807, 2.05) is 12.2 Å². The van der Waals surface area contributed by atoms with Gasteiger partial charge in [0.1, 0.15) is 0 Å². The molecule has 15 heavy (non-hydrogen) atoms. The van der Waals surface area contributed by atoms with E-state index < -0.39 is 0 Å². The average molecular weight is 203 g/mol. The van der Waals surface area contributed by atoms with Gasteiger partial charge in [0.25, 0.3) is 0 Å². The highest BCUT2D eigenvalue weighted by Gasteiger charge is 2.11. The molecule has 0 radical (unpaired) electrons. The van der Waals surface area contributed by atoms with Gasteiger partial charge in [0.15, 0.2) is 0 Å². The largest absolute Gasteiger partial charge is 0.221 e. The fourth-order valence-corrected chi connectivity index (χ4v) is 0.885. The molecule has 0 aliphatic carbocycles. The minimum atomic E-state index is 0.0825. The summed E-state index contributed by atoms with van der Waals surface area (Å²) in [5.74, 6) is 0. The lowest BCUT2D eigenvalue weighted by Crippen LogP contribution is -2.06. The van der Waals surface area contributed by atoms with Gasteiger partial charge < -0.3 is 0 Å². The van der Waals surface area contributed by atoms with Crippen LogP contribution < -0.4 is 0 Å². The molecule has 0 unspecified atom stereocenters. The summed E-state index contributed by atoms with van der Waals surface area (Å²) in [5, 5.41) is 7.56. The minimum Gasteiger partial charge on any atom is -0.221 e. The predicted octanol–water partition coefficient (Wildman–Crippen LogP) is 2.91. The molecule has 0 aliphatic heterocycles. The molecule has 3 nitrogen and oxygen atoms in total. The van der Waals surface area contributed by atoms with Gasteiger partial charge in [0.05, 0.1) is 18.1 Å². The SMILES string of the molecule is C=C(/C=C\C(=C)C(C)(C)C)n1ccnn1. The maximum atomic E-state index is 4.01. The van der Waals surface area contributed by atoms with Gasteiger partial charge in [-0.3, -0.25) is 0 Å². The number of aromatic nitrogens is 3. The van der Waals surface area contributed by atoms with E-state index in [4.69, 9.17) is 0 Å². The summed E-state index contributed by atoms with van der Waals surface area (Å²) in [6.07, 6.45) is 7.23. The van der Waals surface area contributed by atoms with Crippen molar-refractivity contribution in [2.24, 2.45) is 5.41 Å². The van der Waals surface area contributed by atoms with E-state index in [1.54, 1.807) is 17.1 Å². The molecule has 0 spiro atoms. The maximum absolute atomic E-state index is 4.01. The zero-order valence-corrected chi connectivity index (χ0v) is 9.57. The first-order chi connectivity index (χ1) is 6.91.